The maximum absolute atomic E-state index is 12.4. The first-order valence-electron chi connectivity index (χ1n) is 7.79. The van der Waals surface area contributed by atoms with E-state index in [1.807, 2.05) is 31.2 Å². The minimum Gasteiger partial charge on any atom is -0.487 e. The molecule has 1 aliphatic rings. The van der Waals surface area contributed by atoms with Crippen LogP contribution in [-0.4, -0.2) is 12.5 Å². The van der Waals surface area contributed by atoms with Crippen molar-refractivity contribution in [2.45, 2.75) is 6.92 Å². The maximum Gasteiger partial charge on any atom is 0.266 e. The summed E-state index contributed by atoms with van der Waals surface area (Å²) < 4.78 is 5.64. The Morgan fingerprint density at radius 1 is 1.31 bits per heavy atom. The quantitative estimate of drug-likeness (QED) is 0.586. The molecule has 0 unspecified atom stereocenters. The third kappa shape index (κ3) is 3.91. The first kappa shape index (κ1) is 18.1. The first-order valence-corrected chi connectivity index (χ1v) is 8.54. The molecule has 4 nitrogen and oxygen atoms in total. The van der Waals surface area contributed by atoms with Gasteiger partial charge in [-0.05, 0) is 48.4 Å². The zero-order chi connectivity index (χ0) is 18.7. The fraction of sp³-hybridized carbons (Fsp3) is 0.100. The molecule has 2 aromatic carbocycles. The highest BCUT2D eigenvalue weighted by Gasteiger charge is 2.17. The van der Waals surface area contributed by atoms with Crippen molar-refractivity contribution in [3.8, 4) is 11.8 Å². The predicted octanol–water partition coefficient (Wildman–Crippen LogP) is 5.17. The average molecular weight is 385 g/mol. The second-order valence-corrected chi connectivity index (χ2v) is 6.60. The van der Waals surface area contributed by atoms with E-state index in [1.165, 1.54) is 6.08 Å². The Morgan fingerprint density at radius 3 is 2.81 bits per heavy atom. The van der Waals surface area contributed by atoms with Gasteiger partial charge in [0.05, 0.1) is 5.02 Å². The number of benzene rings is 2. The molecule has 0 aliphatic carbocycles. The second-order valence-electron chi connectivity index (χ2n) is 5.75. The molecule has 0 saturated heterocycles. The van der Waals surface area contributed by atoms with Crippen LogP contribution in [0.5, 0.6) is 5.75 Å². The molecule has 0 radical (unpaired) electrons. The van der Waals surface area contributed by atoms with E-state index in [0.29, 0.717) is 32.6 Å². The molecular weight excluding hydrogens is 371 g/mol. The van der Waals surface area contributed by atoms with E-state index in [4.69, 9.17) is 27.9 Å². The van der Waals surface area contributed by atoms with E-state index in [1.54, 1.807) is 24.3 Å². The lowest BCUT2D eigenvalue weighted by atomic mass is 10.0. The summed E-state index contributed by atoms with van der Waals surface area (Å²) in [5.41, 5.74) is 2.94. The number of carbonyl (C=O) groups excluding carboxylic acids is 1. The van der Waals surface area contributed by atoms with Crippen LogP contribution in [0.4, 0.5) is 5.69 Å². The molecule has 1 amide bonds. The van der Waals surface area contributed by atoms with Crippen LogP contribution in [0.25, 0.3) is 6.08 Å². The van der Waals surface area contributed by atoms with Gasteiger partial charge in [0.25, 0.3) is 5.91 Å². The van der Waals surface area contributed by atoms with Crippen molar-refractivity contribution in [3.63, 3.8) is 0 Å². The molecule has 0 fully saturated rings. The van der Waals surface area contributed by atoms with Gasteiger partial charge in [-0.3, -0.25) is 4.79 Å². The molecule has 3 rings (SSSR count). The molecule has 130 valence electrons. The number of nitrogens with zero attached hydrogens (tertiary/aromatic N) is 1. The summed E-state index contributed by atoms with van der Waals surface area (Å²) in [5.74, 6) is 0.0636. The third-order valence-corrected chi connectivity index (χ3v) is 4.35. The van der Waals surface area contributed by atoms with E-state index >= 15 is 0 Å². The van der Waals surface area contributed by atoms with Crippen LogP contribution in [0.15, 0.2) is 53.6 Å². The van der Waals surface area contributed by atoms with Gasteiger partial charge in [0.1, 0.15) is 24.0 Å². The minimum absolute atomic E-state index is 0.0142. The number of hydrogen-bond acceptors (Lipinski definition) is 3. The highest BCUT2D eigenvalue weighted by atomic mass is 35.5. The number of nitrogens with one attached hydrogen (secondary N) is 1. The average Bonchev–Trinajstić information content (AvgIpc) is 2.61. The van der Waals surface area contributed by atoms with Gasteiger partial charge in [-0.25, -0.2) is 0 Å². The Labute approximate surface area is 161 Å². The summed E-state index contributed by atoms with van der Waals surface area (Å²) in [4.78, 5) is 12.4. The largest absolute Gasteiger partial charge is 0.487 e. The van der Waals surface area contributed by atoms with Gasteiger partial charge in [0.2, 0.25) is 0 Å². The van der Waals surface area contributed by atoms with Crippen molar-refractivity contribution in [2.24, 2.45) is 0 Å². The summed E-state index contributed by atoms with van der Waals surface area (Å²) in [5, 5.41) is 13.0. The van der Waals surface area contributed by atoms with E-state index in [0.717, 1.165) is 5.56 Å². The second kappa shape index (κ2) is 7.65. The van der Waals surface area contributed by atoms with Crippen molar-refractivity contribution in [3.05, 3.63) is 74.8 Å². The van der Waals surface area contributed by atoms with Gasteiger partial charge in [0, 0.05) is 16.3 Å². The van der Waals surface area contributed by atoms with Gasteiger partial charge >= 0.3 is 0 Å². The van der Waals surface area contributed by atoms with Gasteiger partial charge < -0.3 is 10.1 Å². The van der Waals surface area contributed by atoms with Gasteiger partial charge in [0.15, 0.2) is 0 Å². The number of carbonyl (C=O) groups is 1. The number of nitriles is 1. The maximum atomic E-state index is 12.4. The highest BCUT2D eigenvalue weighted by Crippen LogP contribution is 2.36. The van der Waals surface area contributed by atoms with Crippen molar-refractivity contribution >= 4 is 40.9 Å². The standard InChI is InChI=1S/C20H14Cl2N2O2/c1-12-4-2-3-5-18(12)24-20(25)15(10-23)7-13-6-14-8-16(21)9-17(22)19(14)26-11-13/h2-9H,11H2,1H3,(H,24,25)/b15-7-. The zero-order valence-electron chi connectivity index (χ0n) is 13.8. The van der Waals surface area contributed by atoms with E-state index in [-0.39, 0.29) is 12.2 Å². The van der Waals surface area contributed by atoms with Gasteiger partial charge in [-0.1, -0.05) is 41.4 Å². The van der Waals surface area contributed by atoms with Crippen LogP contribution < -0.4 is 10.1 Å². The molecule has 0 saturated carbocycles. The summed E-state index contributed by atoms with van der Waals surface area (Å²) >= 11 is 12.1. The predicted molar refractivity (Wildman–Crippen MR) is 103 cm³/mol. The number of aryl methyl sites for hydroxylation is 1. The Kier molecular flexibility index (Phi) is 5.32. The van der Waals surface area contributed by atoms with Crippen molar-refractivity contribution < 1.29 is 9.53 Å². The van der Waals surface area contributed by atoms with Gasteiger partial charge in [-0.15, -0.1) is 0 Å². The lowest BCUT2D eigenvalue weighted by Crippen LogP contribution is -2.15. The molecule has 0 atom stereocenters. The lowest BCUT2D eigenvalue weighted by Gasteiger charge is -2.18. The molecule has 1 N–H and O–H groups in total. The Balaban J connectivity index is 1.87. The fourth-order valence-electron chi connectivity index (χ4n) is 2.56. The van der Waals surface area contributed by atoms with Crippen molar-refractivity contribution in [1.29, 1.82) is 5.26 Å². The van der Waals surface area contributed by atoms with Crippen LogP contribution >= 0.6 is 23.2 Å². The third-order valence-electron chi connectivity index (χ3n) is 3.85. The fourth-order valence-corrected chi connectivity index (χ4v) is 3.12. The molecule has 0 spiro atoms. The molecular formula is C20H14Cl2N2O2. The lowest BCUT2D eigenvalue weighted by molar-refractivity contribution is -0.112. The van der Waals surface area contributed by atoms with E-state index in [9.17, 15) is 10.1 Å². The topological polar surface area (TPSA) is 62.1 Å². The van der Waals surface area contributed by atoms with E-state index in [2.05, 4.69) is 5.32 Å². The molecule has 26 heavy (non-hydrogen) atoms. The van der Waals surface area contributed by atoms with Crippen molar-refractivity contribution in [2.75, 3.05) is 11.9 Å². The SMILES string of the molecule is Cc1ccccc1NC(=O)/C(C#N)=C\C1=Cc2cc(Cl)cc(Cl)c2OC1. The van der Waals surface area contributed by atoms with Crippen LogP contribution in [0.2, 0.25) is 10.0 Å². The summed E-state index contributed by atoms with van der Waals surface area (Å²) in [6.07, 6.45) is 3.31. The minimum atomic E-state index is -0.474. The normalized spacial score (nSPS) is 13.2. The highest BCUT2D eigenvalue weighted by molar-refractivity contribution is 6.36. The molecule has 1 heterocycles. The Hall–Kier alpha value is -2.74. The smallest absolute Gasteiger partial charge is 0.266 e. The number of amides is 1. The molecule has 0 aromatic heterocycles. The molecule has 6 heteroatoms. The summed E-state index contributed by atoms with van der Waals surface area (Å²) in [7, 11) is 0. The Morgan fingerprint density at radius 2 is 2.08 bits per heavy atom. The number of fused-ring (bicyclic) bond motifs is 1. The number of hydrogen-bond donors (Lipinski definition) is 1. The molecule has 2 aromatic rings. The number of anilines is 1. The molecule has 0 bridgehead atoms. The van der Waals surface area contributed by atoms with Crippen LogP contribution in [0, 0.1) is 18.3 Å². The van der Waals surface area contributed by atoms with Crippen LogP contribution in [0.1, 0.15) is 11.1 Å². The van der Waals surface area contributed by atoms with Crippen molar-refractivity contribution in [1.82, 2.24) is 0 Å². The number of para-hydroxylation sites is 1. The summed E-state index contributed by atoms with van der Waals surface area (Å²) in [6, 6.07) is 12.6. The van der Waals surface area contributed by atoms with Crippen LogP contribution in [-0.2, 0) is 4.79 Å². The van der Waals surface area contributed by atoms with Crippen LogP contribution in [0.3, 0.4) is 0 Å². The number of ether oxygens (including phenoxy) is 1. The van der Waals surface area contributed by atoms with Gasteiger partial charge in [-0.2, -0.15) is 5.26 Å². The number of rotatable bonds is 3. The zero-order valence-corrected chi connectivity index (χ0v) is 15.4. The summed E-state index contributed by atoms with van der Waals surface area (Å²) in [6.45, 7) is 2.09. The molecule has 1 aliphatic heterocycles. The Bertz CT molecular complexity index is 988. The monoisotopic (exact) mass is 384 g/mol. The number of halogens is 2. The first-order chi connectivity index (χ1) is 12.5. The van der Waals surface area contributed by atoms with E-state index < -0.39 is 5.91 Å².